The van der Waals surface area contributed by atoms with Crippen LogP contribution < -0.4 is 15.0 Å². The number of carbonyl (C=O) groups excluding carboxylic acids is 2. The molecule has 1 aliphatic heterocycles. The topological polar surface area (TPSA) is 71.5 Å². The molecule has 0 saturated heterocycles. The number of nitrogens with zero attached hydrogens (tertiary/aromatic N) is 2. The molecule has 3 aromatic rings. The van der Waals surface area contributed by atoms with E-state index < -0.39 is 0 Å². The van der Waals surface area contributed by atoms with Gasteiger partial charge in [0, 0.05) is 42.8 Å². The number of ether oxygens (including phenoxy) is 1. The number of thioether (sulfide) groups is 1. The number of hydrogen-bond donors (Lipinski definition) is 1. The summed E-state index contributed by atoms with van der Waals surface area (Å²) in [6.45, 7) is 1.45. The number of fused-ring (bicyclic) bond motifs is 1. The summed E-state index contributed by atoms with van der Waals surface area (Å²) in [7, 11) is 0. The monoisotopic (exact) mass is 447 g/mol. The number of amides is 2. The Morgan fingerprint density at radius 1 is 1.03 bits per heavy atom. The molecule has 0 saturated carbocycles. The van der Waals surface area contributed by atoms with Gasteiger partial charge in [0.25, 0.3) is 0 Å². The molecule has 0 fully saturated rings. The SMILES string of the molecule is O=C(CCC(=O)N1CCSc2ccccc21)NCc1cccc(OCc2ccccn2)c1. The van der Waals surface area contributed by atoms with Gasteiger partial charge in [-0.25, -0.2) is 0 Å². The average molecular weight is 448 g/mol. The lowest BCUT2D eigenvalue weighted by molar-refractivity contribution is -0.125. The third kappa shape index (κ3) is 5.88. The van der Waals surface area contributed by atoms with Gasteiger partial charge in [-0.15, -0.1) is 11.8 Å². The number of carbonyl (C=O) groups is 2. The number of anilines is 1. The zero-order chi connectivity index (χ0) is 22.2. The average Bonchev–Trinajstić information content (AvgIpc) is 2.85. The second-order valence-corrected chi connectivity index (χ2v) is 8.53. The second-order valence-electron chi connectivity index (χ2n) is 7.40. The van der Waals surface area contributed by atoms with Gasteiger partial charge in [0.1, 0.15) is 12.4 Å². The molecule has 0 radical (unpaired) electrons. The van der Waals surface area contributed by atoms with Crippen LogP contribution in [0.5, 0.6) is 5.75 Å². The van der Waals surface area contributed by atoms with Crippen LogP contribution in [-0.4, -0.2) is 29.1 Å². The van der Waals surface area contributed by atoms with Crippen LogP contribution in [0.15, 0.2) is 77.8 Å². The van der Waals surface area contributed by atoms with Gasteiger partial charge in [0.15, 0.2) is 0 Å². The van der Waals surface area contributed by atoms with Crippen molar-refractivity contribution < 1.29 is 14.3 Å². The molecular formula is C25H25N3O3S. The van der Waals surface area contributed by atoms with E-state index in [9.17, 15) is 9.59 Å². The number of nitrogens with one attached hydrogen (secondary N) is 1. The minimum Gasteiger partial charge on any atom is -0.487 e. The molecule has 32 heavy (non-hydrogen) atoms. The predicted octanol–water partition coefficient (Wildman–Crippen LogP) is 4.20. The van der Waals surface area contributed by atoms with Gasteiger partial charge in [0.2, 0.25) is 11.8 Å². The third-order valence-corrected chi connectivity index (χ3v) is 6.14. The maximum absolute atomic E-state index is 12.7. The molecular weight excluding hydrogens is 422 g/mol. The van der Waals surface area contributed by atoms with Crippen LogP contribution in [0.4, 0.5) is 5.69 Å². The lowest BCUT2D eigenvalue weighted by atomic mass is 10.2. The van der Waals surface area contributed by atoms with E-state index in [2.05, 4.69) is 10.3 Å². The van der Waals surface area contributed by atoms with Crippen LogP contribution in [0, 0.1) is 0 Å². The van der Waals surface area contributed by atoms with Gasteiger partial charge in [-0.2, -0.15) is 0 Å². The minimum atomic E-state index is -0.141. The Morgan fingerprint density at radius 2 is 1.91 bits per heavy atom. The zero-order valence-corrected chi connectivity index (χ0v) is 18.5. The van der Waals surface area contributed by atoms with E-state index in [1.54, 1.807) is 22.9 Å². The Hall–Kier alpha value is -3.32. The summed E-state index contributed by atoms with van der Waals surface area (Å²) in [5, 5.41) is 2.90. The Morgan fingerprint density at radius 3 is 2.78 bits per heavy atom. The summed E-state index contributed by atoms with van der Waals surface area (Å²) < 4.78 is 5.79. The highest BCUT2D eigenvalue weighted by molar-refractivity contribution is 7.99. The van der Waals surface area contributed by atoms with Crippen LogP contribution >= 0.6 is 11.8 Å². The Balaban J connectivity index is 1.23. The molecule has 4 rings (SSSR count). The smallest absolute Gasteiger partial charge is 0.227 e. The van der Waals surface area contributed by atoms with E-state index in [-0.39, 0.29) is 24.7 Å². The van der Waals surface area contributed by atoms with Crippen LogP contribution in [-0.2, 0) is 22.7 Å². The molecule has 1 aliphatic rings. The van der Waals surface area contributed by atoms with Crippen LogP contribution in [0.3, 0.4) is 0 Å². The number of hydrogen-bond acceptors (Lipinski definition) is 5. The fourth-order valence-electron chi connectivity index (χ4n) is 3.46. The number of aromatic nitrogens is 1. The summed E-state index contributed by atoms with van der Waals surface area (Å²) in [4.78, 5) is 32.2. The lowest BCUT2D eigenvalue weighted by Crippen LogP contribution is -2.36. The van der Waals surface area contributed by atoms with Crippen molar-refractivity contribution in [3.05, 3.63) is 84.2 Å². The minimum absolute atomic E-state index is 0.0159. The van der Waals surface area contributed by atoms with Crippen molar-refractivity contribution in [1.29, 1.82) is 0 Å². The van der Waals surface area contributed by atoms with Gasteiger partial charge >= 0.3 is 0 Å². The summed E-state index contributed by atoms with van der Waals surface area (Å²) in [5.41, 5.74) is 2.73. The van der Waals surface area contributed by atoms with Gasteiger partial charge < -0.3 is 15.0 Å². The summed E-state index contributed by atoms with van der Waals surface area (Å²) >= 11 is 1.76. The van der Waals surface area contributed by atoms with Crippen LogP contribution in [0.2, 0.25) is 0 Å². The quantitative estimate of drug-likeness (QED) is 0.561. The molecule has 2 heterocycles. The van der Waals surface area contributed by atoms with Gasteiger partial charge in [-0.05, 0) is 42.0 Å². The number of para-hydroxylation sites is 1. The first-order valence-corrected chi connectivity index (χ1v) is 11.6. The largest absolute Gasteiger partial charge is 0.487 e. The first-order chi connectivity index (χ1) is 15.7. The van der Waals surface area contributed by atoms with Crippen molar-refractivity contribution in [3.63, 3.8) is 0 Å². The van der Waals surface area contributed by atoms with Crippen molar-refractivity contribution in [2.75, 3.05) is 17.2 Å². The number of pyridine rings is 1. The lowest BCUT2D eigenvalue weighted by Gasteiger charge is -2.29. The molecule has 6 nitrogen and oxygen atoms in total. The third-order valence-electron chi connectivity index (χ3n) is 5.10. The molecule has 0 aliphatic carbocycles. The molecule has 0 bridgehead atoms. The Bertz CT molecular complexity index is 1070. The molecule has 2 aromatic carbocycles. The fraction of sp³-hybridized carbons (Fsp3) is 0.240. The van der Waals surface area contributed by atoms with Crippen LogP contribution in [0.25, 0.3) is 0 Å². The number of rotatable bonds is 8. The Kier molecular flexibility index (Phi) is 7.40. The normalized spacial score (nSPS) is 12.7. The highest BCUT2D eigenvalue weighted by Crippen LogP contribution is 2.34. The fourth-order valence-corrected chi connectivity index (χ4v) is 4.45. The maximum atomic E-state index is 12.7. The maximum Gasteiger partial charge on any atom is 0.227 e. The molecule has 7 heteroatoms. The van der Waals surface area contributed by atoms with Gasteiger partial charge in [0.05, 0.1) is 11.4 Å². The first kappa shape index (κ1) is 21.9. The first-order valence-electron chi connectivity index (χ1n) is 10.6. The van der Waals surface area contributed by atoms with E-state index in [1.165, 1.54) is 0 Å². The van der Waals surface area contributed by atoms with Crippen LogP contribution in [0.1, 0.15) is 24.1 Å². The van der Waals surface area contributed by atoms with Crippen molar-refractivity contribution in [2.24, 2.45) is 0 Å². The molecule has 0 unspecified atom stereocenters. The highest BCUT2D eigenvalue weighted by Gasteiger charge is 2.22. The molecule has 1 N–H and O–H groups in total. The van der Waals surface area contributed by atoms with Gasteiger partial charge in [-0.1, -0.05) is 30.3 Å². The summed E-state index contributed by atoms with van der Waals surface area (Å²) in [5.74, 6) is 1.43. The molecule has 164 valence electrons. The standard InChI is InChI=1S/C25H25N3O3S/c29-24(11-12-25(30)28-14-15-32-23-10-2-1-9-22(23)28)27-17-19-6-5-8-21(16-19)31-18-20-7-3-4-13-26-20/h1-10,13,16H,11-12,14-15,17-18H2,(H,27,29). The van der Waals surface area contributed by atoms with Gasteiger partial charge in [-0.3, -0.25) is 14.6 Å². The van der Waals surface area contributed by atoms with E-state index >= 15 is 0 Å². The molecule has 0 atom stereocenters. The van der Waals surface area contributed by atoms with Crippen molar-refractivity contribution in [3.8, 4) is 5.75 Å². The molecule has 1 aromatic heterocycles. The van der Waals surface area contributed by atoms with Crippen molar-refractivity contribution in [2.45, 2.75) is 30.9 Å². The van der Waals surface area contributed by atoms with E-state index in [1.807, 2.05) is 66.7 Å². The predicted molar refractivity (Wildman–Crippen MR) is 126 cm³/mol. The molecule has 0 spiro atoms. The van der Waals surface area contributed by atoms with E-state index in [0.29, 0.717) is 19.7 Å². The zero-order valence-electron chi connectivity index (χ0n) is 17.7. The van der Waals surface area contributed by atoms with Crippen molar-refractivity contribution in [1.82, 2.24) is 10.3 Å². The van der Waals surface area contributed by atoms with Crippen molar-refractivity contribution >= 4 is 29.3 Å². The summed E-state index contributed by atoms with van der Waals surface area (Å²) in [6, 6.07) is 21.2. The molecule has 2 amide bonds. The Labute approximate surface area is 192 Å². The highest BCUT2D eigenvalue weighted by atomic mass is 32.2. The van der Waals surface area contributed by atoms with E-state index in [4.69, 9.17) is 4.74 Å². The number of benzene rings is 2. The second kappa shape index (κ2) is 10.8. The summed E-state index contributed by atoms with van der Waals surface area (Å²) in [6.07, 6.45) is 2.09. The van der Waals surface area contributed by atoms with E-state index in [0.717, 1.165) is 33.3 Å².